The first-order valence-corrected chi connectivity index (χ1v) is 14.8. The van der Waals surface area contributed by atoms with Crippen LogP contribution in [0.1, 0.15) is 24.0 Å². The minimum Gasteiger partial charge on any atom is -0.326 e. The number of benzene rings is 3. The first-order chi connectivity index (χ1) is 17.5. The maximum atomic E-state index is 13.9. The van der Waals surface area contributed by atoms with Crippen LogP contribution in [0.25, 0.3) is 0 Å². The predicted molar refractivity (Wildman–Crippen MR) is 140 cm³/mol. The molecule has 1 aliphatic heterocycles. The van der Waals surface area contributed by atoms with Crippen LogP contribution in [0.5, 0.6) is 0 Å². The van der Waals surface area contributed by atoms with Crippen molar-refractivity contribution in [2.75, 3.05) is 23.1 Å². The van der Waals surface area contributed by atoms with Gasteiger partial charge in [0.15, 0.2) is 0 Å². The molecule has 196 valence electrons. The smallest absolute Gasteiger partial charge is 0.261 e. The Morgan fingerprint density at radius 3 is 2.11 bits per heavy atom. The van der Waals surface area contributed by atoms with Gasteiger partial charge in [-0.1, -0.05) is 35.9 Å². The molecule has 37 heavy (non-hydrogen) atoms. The Hall–Kier alpha value is -3.28. The van der Waals surface area contributed by atoms with E-state index in [2.05, 4.69) is 10.0 Å². The van der Waals surface area contributed by atoms with Crippen LogP contribution in [0.2, 0.25) is 0 Å². The average Bonchev–Trinajstić information content (AvgIpc) is 2.87. The van der Waals surface area contributed by atoms with Crippen LogP contribution in [-0.2, 0) is 30.6 Å². The van der Waals surface area contributed by atoms with Crippen molar-refractivity contribution in [2.24, 2.45) is 5.92 Å². The van der Waals surface area contributed by atoms with Crippen LogP contribution in [0.4, 0.5) is 15.8 Å². The van der Waals surface area contributed by atoms with Crippen molar-refractivity contribution in [2.45, 2.75) is 30.4 Å². The summed E-state index contributed by atoms with van der Waals surface area (Å²) in [5.41, 5.74) is 2.01. The molecular formula is C26H28FN3O5S2. The zero-order chi connectivity index (χ0) is 26.6. The van der Waals surface area contributed by atoms with Crippen LogP contribution in [-0.4, -0.2) is 40.1 Å². The van der Waals surface area contributed by atoms with Crippen LogP contribution >= 0.6 is 0 Å². The lowest BCUT2D eigenvalue weighted by molar-refractivity contribution is -0.120. The topological polar surface area (TPSA) is 113 Å². The Morgan fingerprint density at radius 1 is 0.892 bits per heavy atom. The number of halogens is 1. The summed E-state index contributed by atoms with van der Waals surface area (Å²) in [5.74, 6) is -1.65. The fourth-order valence-electron chi connectivity index (χ4n) is 4.10. The standard InChI is InChI=1S/C26H28FN3O5S2/c1-19-6-8-23(9-7-19)29-37(34,35)24-12-10-22(11-13-24)28-26(31)20-14-16-30(17-15-20)36(32,33)18-21-4-2-3-5-25(21)27/h2-13,20,29H,14-18H2,1H3,(H,28,31). The Balaban J connectivity index is 1.31. The van der Waals surface area contributed by atoms with Gasteiger partial charge in [-0.15, -0.1) is 0 Å². The van der Waals surface area contributed by atoms with E-state index in [-0.39, 0.29) is 29.5 Å². The van der Waals surface area contributed by atoms with E-state index in [9.17, 15) is 26.0 Å². The molecule has 0 saturated carbocycles. The average molecular weight is 546 g/mol. The van der Waals surface area contributed by atoms with Gasteiger partial charge in [0.05, 0.1) is 10.6 Å². The Kier molecular flexibility index (Phi) is 7.96. The second kappa shape index (κ2) is 11.0. The minimum atomic E-state index is -3.79. The number of sulfonamides is 2. The zero-order valence-corrected chi connectivity index (χ0v) is 21.9. The number of aryl methyl sites for hydroxylation is 1. The third kappa shape index (κ3) is 6.73. The van der Waals surface area contributed by atoms with Gasteiger partial charge in [-0.25, -0.2) is 25.5 Å². The first kappa shape index (κ1) is 26.8. The molecule has 0 radical (unpaired) electrons. The van der Waals surface area contributed by atoms with Crippen molar-refractivity contribution in [3.8, 4) is 0 Å². The van der Waals surface area contributed by atoms with E-state index >= 15 is 0 Å². The molecule has 1 saturated heterocycles. The van der Waals surface area contributed by atoms with Crippen molar-refractivity contribution in [1.82, 2.24) is 4.31 Å². The number of amides is 1. The van der Waals surface area contributed by atoms with E-state index < -0.39 is 37.5 Å². The van der Waals surface area contributed by atoms with E-state index in [0.717, 1.165) is 5.56 Å². The number of rotatable bonds is 8. The van der Waals surface area contributed by atoms with Gasteiger partial charge in [-0.3, -0.25) is 9.52 Å². The van der Waals surface area contributed by atoms with E-state index in [1.807, 2.05) is 6.92 Å². The lowest BCUT2D eigenvalue weighted by Gasteiger charge is -2.30. The van der Waals surface area contributed by atoms with Crippen molar-refractivity contribution in [3.05, 3.63) is 89.7 Å². The molecule has 3 aromatic rings. The summed E-state index contributed by atoms with van der Waals surface area (Å²) in [5, 5.41) is 2.78. The maximum Gasteiger partial charge on any atom is 0.261 e. The molecule has 1 fully saturated rings. The summed E-state index contributed by atoms with van der Waals surface area (Å²) in [6.45, 7) is 2.23. The molecule has 0 aromatic heterocycles. The zero-order valence-electron chi connectivity index (χ0n) is 20.2. The quantitative estimate of drug-likeness (QED) is 0.442. The molecular weight excluding hydrogens is 517 g/mol. The third-order valence-corrected chi connectivity index (χ3v) is 9.47. The number of nitrogens with zero attached hydrogens (tertiary/aromatic N) is 1. The Bertz CT molecular complexity index is 1470. The molecule has 4 rings (SSSR count). The normalized spacial score (nSPS) is 15.3. The molecule has 11 heteroatoms. The largest absolute Gasteiger partial charge is 0.326 e. The summed E-state index contributed by atoms with van der Waals surface area (Å²) in [6.07, 6.45) is 0.657. The van der Waals surface area contributed by atoms with Gasteiger partial charge in [0.1, 0.15) is 5.82 Å². The molecule has 0 unspecified atom stereocenters. The van der Waals surface area contributed by atoms with Crippen molar-refractivity contribution >= 4 is 37.3 Å². The lowest BCUT2D eigenvalue weighted by atomic mass is 9.97. The van der Waals surface area contributed by atoms with Gasteiger partial charge in [0.25, 0.3) is 10.0 Å². The van der Waals surface area contributed by atoms with E-state index in [4.69, 9.17) is 0 Å². The fraction of sp³-hybridized carbons (Fsp3) is 0.269. The van der Waals surface area contributed by atoms with Gasteiger partial charge in [-0.2, -0.15) is 0 Å². The minimum absolute atomic E-state index is 0.0550. The van der Waals surface area contributed by atoms with Gasteiger partial charge < -0.3 is 5.32 Å². The number of hydrogen-bond donors (Lipinski definition) is 2. The molecule has 0 aliphatic carbocycles. The summed E-state index contributed by atoms with van der Waals surface area (Å²) in [7, 11) is -7.50. The van der Waals surface area contributed by atoms with Gasteiger partial charge >= 0.3 is 0 Å². The van der Waals surface area contributed by atoms with E-state index in [0.29, 0.717) is 24.2 Å². The highest BCUT2D eigenvalue weighted by Crippen LogP contribution is 2.24. The summed E-state index contributed by atoms with van der Waals surface area (Å²) < 4.78 is 68.4. The number of carbonyl (C=O) groups excluding carboxylic acids is 1. The highest BCUT2D eigenvalue weighted by Gasteiger charge is 2.31. The first-order valence-electron chi connectivity index (χ1n) is 11.8. The second-order valence-corrected chi connectivity index (χ2v) is 12.7. The Morgan fingerprint density at radius 2 is 1.49 bits per heavy atom. The molecule has 8 nitrogen and oxygen atoms in total. The van der Waals surface area contributed by atoms with Crippen LogP contribution < -0.4 is 10.0 Å². The van der Waals surface area contributed by atoms with Gasteiger partial charge in [0, 0.05) is 35.9 Å². The van der Waals surface area contributed by atoms with Crippen molar-refractivity contribution in [3.63, 3.8) is 0 Å². The monoisotopic (exact) mass is 545 g/mol. The highest BCUT2D eigenvalue weighted by atomic mass is 32.2. The third-order valence-electron chi connectivity index (χ3n) is 6.25. The fourth-order valence-corrected chi connectivity index (χ4v) is 6.73. The van der Waals surface area contributed by atoms with Gasteiger partial charge in [0.2, 0.25) is 15.9 Å². The lowest BCUT2D eigenvalue weighted by Crippen LogP contribution is -2.42. The van der Waals surface area contributed by atoms with Crippen molar-refractivity contribution in [1.29, 1.82) is 0 Å². The summed E-state index contributed by atoms with van der Waals surface area (Å²) in [6, 6.07) is 18.6. The number of carbonyl (C=O) groups is 1. The van der Waals surface area contributed by atoms with Crippen molar-refractivity contribution < 1.29 is 26.0 Å². The van der Waals surface area contributed by atoms with Crippen LogP contribution in [0.3, 0.4) is 0 Å². The summed E-state index contributed by atoms with van der Waals surface area (Å²) in [4.78, 5) is 12.8. The predicted octanol–water partition coefficient (Wildman–Crippen LogP) is 4.12. The molecule has 0 spiro atoms. The number of hydrogen-bond acceptors (Lipinski definition) is 5. The van der Waals surface area contributed by atoms with Gasteiger partial charge in [-0.05, 0) is 62.2 Å². The molecule has 2 N–H and O–H groups in total. The molecule has 0 atom stereocenters. The van der Waals surface area contributed by atoms with E-state index in [1.165, 1.54) is 46.8 Å². The summed E-state index contributed by atoms with van der Waals surface area (Å²) >= 11 is 0. The highest BCUT2D eigenvalue weighted by molar-refractivity contribution is 7.92. The van der Waals surface area contributed by atoms with E-state index in [1.54, 1.807) is 30.3 Å². The Labute approximate surface area is 216 Å². The molecule has 0 bridgehead atoms. The molecule has 1 aliphatic rings. The molecule has 3 aromatic carbocycles. The molecule has 1 amide bonds. The maximum absolute atomic E-state index is 13.9. The SMILES string of the molecule is Cc1ccc(NS(=O)(=O)c2ccc(NC(=O)C3CCN(S(=O)(=O)Cc4ccccc4F)CC3)cc2)cc1. The van der Waals surface area contributed by atoms with Crippen LogP contribution in [0, 0.1) is 18.7 Å². The number of nitrogens with one attached hydrogen (secondary N) is 2. The molecule has 1 heterocycles. The number of anilines is 2. The number of piperidine rings is 1. The second-order valence-electron chi connectivity index (χ2n) is 9.01. The van der Waals surface area contributed by atoms with Crippen LogP contribution in [0.15, 0.2) is 77.7 Å².